The molecule has 0 spiro atoms. The van der Waals surface area contributed by atoms with E-state index in [0.29, 0.717) is 18.2 Å². The first kappa shape index (κ1) is 7.45. The van der Waals surface area contributed by atoms with Crippen molar-refractivity contribution in [1.82, 2.24) is 4.90 Å². The number of thiocarbonyl (C=S) groups is 1. The molecule has 1 fully saturated rings. The Morgan fingerprint density at radius 2 is 2.10 bits per heavy atom. The van der Waals surface area contributed by atoms with E-state index >= 15 is 0 Å². The van der Waals surface area contributed by atoms with Crippen LogP contribution in [0, 0.1) is 11.3 Å². The van der Waals surface area contributed by atoms with Crippen molar-refractivity contribution in [2.24, 2.45) is 0 Å². The predicted molar refractivity (Wildman–Crippen MR) is 40.6 cm³/mol. The number of hydrogen-bond donors (Lipinski definition) is 0. The highest BCUT2D eigenvalue weighted by molar-refractivity contribution is 7.80. The van der Waals surface area contributed by atoms with Gasteiger partial charge in [0.05, 0.1) is 13.2 Å². The summed E-state index contributed by atoms with van der Waals surface area (Å²) in [5.41, 5.74) is 0. The zero-order valence-corrected chi connectivity index (χ0v) is 6.36. The summed E-state index contributed by atoms with van der Waals surface area (Å²) in [5.74, 6) is 0. The third-order valence-electron chi connectivity index (χ3n) is 1.39. The van der Waals surface area contributed by atoms with E-state index in [9.17, 15) is 0 Å². The Balaban J connectivity index is 2.40. The first-order valence-electron chi connectivity index (χ1n) is 3.11. The van der Waals surface area contributed by atoms with Crippen LogP contribution in [0.1, 0.15) is 0 Å². The van der Waals surface area contributed by atoms with Crippen molar-refractivity contribution >= 4 is 17.2 Å². The summed E-state index contributed by atoms with van der Waals surface area (Å²) in [6.07, 6.45) is 0. The first-order valence-corrected chi connectivity index (χ1v) is 3.52. The van der Waals surface area contributed by atoms with Gasteiger partial charge in [-0.15, -0.1) is 0 Å². The van der Waals surface area contributed by atoms with Gasteiger partial charge in [0, 0.05) is 13.1 Å². The van der Waals surface area contributed by atoms with Crippen LogP contribution in [-0.4, -0.2) is 36.2 Å². The fourth-order valence-electron chi connectivity index (χ4n) is 0.837. The average molecular weight is 156 g/mol. The summed E-state index contributed by atoms with van der Waals surface area (Å²) >= 11 is 4.78. The Labute approximate surface area is 65.2 Å². The second-order valence-electron chi connectivity index (χ2n) is 2.02. The quantitative estimate of drug-likeness (QED) is 0.468. The second kappa shape index (κ2) is 3.49. The summed E-state index contributed by atoms with van der Waals surface area (Å²) in [6.45, 7) is 2.88. The molecule has 0 radical (unpaired) electrons. The van der Waals surface area contributed by atoms with Gasteiger partial charge in [-0.25, -0.2) is 0 Å². The minimum Gasteiger partial charge on any atom is -0.378 e. The highest BCUT2D eigenvalue weighted by Crippen LogP contribution is 1.97. The minimum absolute atomic E-state index is 0.378. The van der Waals surface area contributed by atoms with Gasteiger partial charge < -0.3 is 9.64 Å². The summed E-state index contributed by atoms with van der Waals surface area (Å²) < 4.78 is 5.08. The van der Waals surface area contributed by atoms with Gasteiger partial charge in [0.15, 0.2) is 4.99 Å². The predicted octanol–water partition coefficient (Wildman–Crippen LogP) is 0.170. The zero-order valence-electron chi connectivity index (χ0n) is 5.54. The molecule has 4 heteroatoms. The maximum Gasteiger partial charge on any atom is 0.181 e. The molecule has 10 heavy (non-hydrogen) atoms. The van der Waals surface area contributed by atoms with Crippen LogP contribution in [0.4, 0.5) is 0 Å². The average Bonchev–Trinajstić information content (AvgIpc) is 2.05. The van der Waals surface area contributed by atoms with E-state index in [1.165, 1.54) is 0 Å². The molecule has 0 atom stereocenters. The van der Waals surface area contributed by atoms with Gasteiger partial charge in [-0.05, 0) is 12.2 Å². The standard InChI is InChI=1S/C6H8N2OS/c7-5-6(10)8-1-3-9-4-2-8/h1-4H2. The molecule has 1 heterocycles. The SMILES string of the molecule is N#CC(=S)N1CCOCC1. The molecule has 1 aliphatic heterocycles. The smallest absolute Gasteiger partial charge is 0.181 e. The Bertz CT molecular complexity index is 169. The number of nitriles is 1. The monoisotopic (exact) mass is 156 g/mol. The van der Waals surface area contributed by atoms with Crippen LogP contribution < -0.4 is 0 Å². The number of morpholine rings is 1. The van der Waals surface area contributed by atoms with E-state index in [1.807, 2.05) is 11.0 Å². The molecule has 0 amide bonds. The van der Waals surface area contributed by atoms with Crippen LogP contribution in [0.3, 0.4) is 0 Å². The van der Waals surface area contributed by atoms with Crippen LogP contribution in [0.15, 0.2) is 0 Å². The fourth-order valence-corrected chi connectivity index (χ4v) is 1.02. The summed E-state index contributed by atoms with van der Waals surface area (Å²) in [6, 6.07) is 1.94. The lowest BCUT2D eigenvalue weighted by atomic mass is 10.4. The summed E-state index contributed by atoms with van der Waals surface area (Å²) in [4.78, 5) is 2.24. The maximum atomic E-state index is 8.41. The molecule has 3 nitrogen and oxygen atoms in total. The normalized spacial score (nSPS) is 18.1. The molecule has 0 aliphatic carbocycles. The van der Waals surface area contributed by atoms with Gasteiger partial charge in [-0.1, -0.05) is 0 Å². The molecule has 0 saturated carbocycles. The van der Waals surface area contributed by atoms with Crippen molar-refractivity contribution in [2.75, 3.05) is 26.3 Å². The van der Waals surface area contributed by atoms with E-state index in [-0.39, 0.29) is 0 Å². The lowest BCUT2D eigenvalue weighted by Crippen LogP contribution is -2.39. The highest BCUT2D eigenvalue weighted by atomic mass is 32.1. The van der Waals surface area contributed by atoms with Crippen LogP contribution in [0.2, 0.25) is 0 Å². The summed E-state index contributed by atoms with van der Waals surface area (Å²) in [7, 11) is 0. The molecule has 0 unspecified atom stereocenters. The van der Waals surface area contributed by atoms with E-state index in [2.05, 4.69) is 0 Å². The van der Waals surface area contributed by atoms with Gasteiger partial charge in [0.2, 0.25) is 0 Å². The molecule has 54 valence electrons. The van der Waals surface area contributed by atoms with Crippen molar-refractivity contribution in [1.29, 1.82) is 5.26 Å². The Hall–Kier alpha value is -0.660. The van der Waals surface area contributed by atoms with Gasteiger partial charge in [0.25, 0.3) is 0 Å². The Kier molecular flexibility index (Phi) is 2.60. The summed E-state index contributed by atoms with van der Waals surface area (Å²) in [5, 5.41) is 8.41. The maximum absolute atomic E-state index is 8.41. The molecular formula is C6H8N2OS. The van der Waals surface area contributed by atoms with Crippen molar-refractivity contribution < 1.29 is 4.74 Å². The third-order valence-corrected chi connectivity index (χ3v) is 1.74. The lowest BCUT2D eigenvalue weighted by molar-refractivity contribution is 0.0696. The number of nitrogens with zero attached hydrogens (tertiary/aromatic N) is 2. The molecule has 0 aromatic carbocycles. The lowest BCUT2D eigenvalue weighted by Gasteiger charge is -2.25. The van der Waals surface area contributed by atoms with Gasteiger partial charge in [0.1, 0.15) is 6.07 Å². The van der Waals surface area contributed by atoms with Crippen molar-refractivity contribution in [2.45, 2.75) is 0 Å². The van der Waals surface area contributed by atoms with E-state index in [1.54, 1.807) is 0 Å². The van der Waals surface area contributed by atoms with E-state index in [0.717, 1.165) is 13.1 Å². The fraction of sp³-hybridized carbons (Fsp3) is 0.667. The first-order chi connectivity index (χ1) is 4.84. The van der Waals surface area contributed by atoms with Crippen LogP contribution in [0.25, 0.3) is 0 Å². The Morgan fingerprint density at radius 3 is 2.60 bits per heavy atom. The van der Waals surface area contributed by atoms with Crippen LogP contribution in [-0.2, 0) is 4.74 Å². The van der Waals surface area contributed by atoms with E-state index in [4.69, 9.17) is 22.2 Å². The molecule has 1 aliphatic rings. The van der Waals surface area contributed by atoms with Crippen molar-refractivity contribution in [3.63, 3.8) is 0 Å². The van der Waals surface area contributed by atoms with Gasteiger partial charge >= 0.3 is 0 Å². The molecule has 0 bridgehead atoms. The number of rotatable bonds is 0. The van der Waals surface area contributed by atoms with Crippen LogP contribution in [0.5, 0.6) is 0 Å². The largest absolute Gasteiger partial charge is 0.378 e. The third kappa shape index (κ3) is 1.66. The molecule has 1 saturated heterocycles. The minimum atomic E-state index is 0.378. The topological polar surface area (TPSA) is 36.3 Å². The van der Waals surface area contributed by atoms with Gasteiger partial charge in [-0.3, -0.25) is 0 Å². The van der Waals surface area contributed by atoms with Crippen LogP contribution >= 0.6 is 12.2 Å². The molecule has 0 aromatic rings. The second-order valence-corrected chi connectivity index (χ2v) is 2.40. The highest BCUT2D eigenvalue weighted by Gasteiger charge is 2.11. The molecule has 0 aromatic heterocycles. The molecule has 0 N–H and O–H groups in total. The van der Waals surface area contributed by atoms with Gasteiger partial charge in [-0.2, -0.15) is 5.26 Å². The number of hydrogen-bond acceptors (Lipinski definition) is 3. The molecular weight excluding hydrogens is 148 g/mol. The van der Waals surface area contributed by atoms with Crippen molar-refractivity contribution in [3.8, 4) is 6.07 Å². The number of ether oxygens (including phenoxy) is 1. The Morgan fingerprint density at radius 1 is 1.50 bits per heavy atom. The molecule has 1 rings (SSSR count). The zero-order chi connectivity index (χ0) is 7.40. The van der Waals surface area contributed by atoms with E-state index < -0.39 is 0 Å². The van der Waals surface area contributed by atoms with Crippen molar-refractivity contribution in [3.05, 3.63) is 0 Å².